The minimum Gasteiger partial charge on any atom is -0.331 e. The Balaban J connectivity index is 1.97. The molecule has 1 amide bonds. The highest BCUT2D eigenvalue weighted by molar-refractivity contribution is 7.10. The summed E-state index contributed by atoms with van der Waals surface area (Å²) in [5, 5.41) is 2.57. The summed E-state index contributed by atoms with van der Waals surface area (Å²) in [4.78, 5) is 35.5. The first-order valence-corrected chi connectivity index (χ1v) is 10.2. The number of thiophene rings is 1. The average Bonchev–Trinajstić information content (AvgIpc) is 3.17. The number of fused-ring (bicyclic) bond motifs is 1. The minimum absolute atomic E-state index is 0.0409. The summed E-state index contributed by atoms with van der Waals surface area (Å²) in [5.41, 5.74) is 0.566. The van der Waals surface area contributed by atoms with Crippen molar-refractivity contribution in [2.24, 2.45) is 7.05 Å². The van der Waals surface area contributed by atoms with Crippen LogP contribution in [0.2, 0.25) is 0 Å². The summed E-state index contributed by atoms with van der Waals surface area (Å²) in [7, 11) is 5.69. The van der Waals surface area contributed by atoms with Crippen molar-refractivity contribution < 1.29 is 4.79 Å². The molecular formula is C21H26N4O2S. The SMILES string of the molecule is CC(c1nc2ccccc2c(=O)n1C)N(CCN(C)C)C(=O)Cc1cccs1. The minimum atomic E-state index is -0.310. The van der Waals surface area contributed by atoms with Gasteiger partial charge < -0.3 is 9.80 Å². The van der Waals surface area contributed by atoms with Gasteiger partial charge in [-0.15, -0.1) is 11.3 Å². The van der Waals surface area contributed by atoms with Gasteiger partial charge in [-0.2, -0.15) is 0 Å². The number of carbonyl (C=O) groups excluding carboxylic acids is 1. The van der Waals surface area contributed by atoms with Crippen molar-refractivity contribution in [1.29, 1.82) is 0 Å². The maximum Gasteiger partial charge on any atom is 0.261 e. The number of carbonyl (C=O) groups is 1. The van der Waals surface area contributed by atoms with E-state index in [9.17, 15) is 9.59 Å². The van der Waals surface area contributed by atoms with Gasteiger partial charge in [0.05, 0.1) is 23.4 Å². The van der Waals surface area contributed by atoms with Crippen molar-refractivity contribution >= 4 is 28.1 Å². The molecule has 0 aliphatic rings. The van der Waals surface area contributed by atoms with Crippen LogP contribution < -0.4 is 5.56 Å². The molecule has 0 aliphatic heterocycles. The monoisotopic (exact) mass is 398 g/mol. The van der Waals surface area contributed by atoms with Gasteiger partial charge >= 0.3 is 0 Å². The van der Waals surface area contributed by atoms with Gasteiger partial charge in [0.2, 0.25) is 5.91 Å². The number of benzene rings is 1. The smallest absolute Gasteiger partial charge is 0.261 e. The molecule has 0 saturated carbocycles. The lowest BCUT2D eigenvalue weighted by Crippen LogP contribution is -2.41. The van der Waals surface area contributed by atoms with Crippen LogP contribution in [-0.4, -0.2) is 52.4 Å². The Bertz CT molecular complexity index is 1010. The summed E-state index contributed by atoms with van der Waals surface area (Å²) < 4.78 is 1.56. The number of hydrogen-bond donors (Lipinski definition) is 0. The van der Waals surface area contributed by atoms with Crippen molar-refractivity contribution in [3.63, 3.8) is 0 Å². The van der Waals surface area contributed by atoms with Crippen molar-refractivity contribution in [3.8, 4) is 0 Å². The summed E-state index contributed by atoms with van der Waals surface area (Å²) in [6.07, 6.45) is 0.358. The summed E-state index contributed by atoms with van der Waals surface area (Å²) >= 11 is 1.58. The van der Waals surface area contributed by atoms with E-state index >= 15 is 0 Å². The second-order valence-electron chi connectivity index (χ2n) is 7.17. The third-order valence-corrected chi connectivity index (χ3v) is 5.75. The molecule has 0 radical (unpaired) electrons. The van der Waals surface area contributed by atoms with E-state index in [-0.39, 0.29) is 17.5 Å². The highest BCUT2D eigenvalue weighted by atomic mass is 32.1. The van der Waals surface area contributed by atoms with E-state index in [4.69, 9.17) is 4.98 Å². The fraction of sp³-hybridized carbons (Fsp3) is 0.381. The Morgan fingerprint density at radius 1 is 1.18 bits per heavy atom. The summed E-state index contributed by atoms with van der Waals surface area (Å²) in [6.45, 7) is 3.25. The highest BCUT2D eigenvalue weighted by Crippen LogP contribution is 2.21. The molecule has 1 atom stereocenters. The van der Waals surface area contributed by atoms with E-state index in [1.165, 1.54) is 0 Å². The Labute approximate surface area is 169 Å². The molecule has 0 spiro atoms. The maximum absolute atomic E-state index is 13.1. The molecule has 7 heteroatoms. The van der Waals surface area contributed by atoms with Crippen LogP contribution in [0.1, 0.15) is 23.7 Å². The number of aromatic nitrogens is 2. The van der Waals surface area contributed by atoms with Gasteiger partial charge in [-0.25, -0.2) is 4.98 Å². The molecule has 28 heavy (non-hydrogen) atoms. The highest BCUT2D eigenvalue weighted by Gasteiger charge is 2.25. The van der Waals surface area contributed by atoms with Gasteiger partial charge in [-0.3, -0.25) is 14.2 Å². The van der Waals surface area contributed by atoms with Crippen LogP contribution in [-0.2, 0) is 18.3 Å². The predicted molar refractivity (Wildman–Crippen MR) is 114 cm³/mol. The van der Waals surface area contributed by atoms with Gasteiger partial charge in [0.15, 0.2) is 0 Å². The van der Waals surface area contributed by atoms with Crippen molar-refractivity contribution in [2.45, 2.75) is 19.4 Å². The molecule has 148 valence electrons. The molecule has 3 aromatic rings. The zero-order valence-electron chi connectivity index (χ0n) is 16.8. The average molecular weight is 399 g/mol. The molecule has 1 aromatic carbocycles. The first-order chi connectivity index (χ1) is 13.4. The van der Waals surface area contributed by atoms with Crippen LogP contribution in [0, 0.1) is 0 Å². The lowest BCUT2D eigenvalue weighted by molar-refractivity contribution is -0.133. The lowest BCUT2D eigenvalue weighted by Gasteiger charge is -2.31. The van der Waals surface area contributed by atoms with Gasteiger partial charge in [-0.05, 0) is 44.6 Å². The van der Waals surface area contributed by atoms with Crippen LogP contribution in [0.5, 0.6) is 0 Å². The standard InChI is InChI=1S/C21H26N4O2S/c1-15(20-22-18-10-6-5-9-17(18)21(27)24(20)4)25(12-11-23(2)3)19(26)14-16-8-7-13-28-16/h5-10,13,15H,11-12,14H2,1-4H3. The van der Waals surface area contributed by atoms with Gasteiger partial charge in [0, 0.05) is 25.0 Å². The van der Waals surface area contributed by atoms with Gasteiger partial charge in [0.1, 0.15) is 5.82 Å². The fourth-order valence-corrected chi connectivity index (χ4v) is 3.95. The Morgan fingerprint density at radius 2 is 1.93 bits per heavy atom. The summed E-state index contributed by atoms with van der Waals surface area (Å²) in [6, 6.07) is 10.9. The zero-order chi connectivity index (χ0) is 20.3. The van der Waals surface area contributed by atoms with Gasteiger partial charge in [-0.1, -0.05) is 18.2 Å². The Hall–Kier alpha value is -2.51. The molecular weight excluding hydrogens is 372 g/mol. The van der Waals surface area contributed by atoms with E-state index in [1.807, 2.05) is 66.5 Å². The second-order valence-corrected chi connectivity index (χ2v) is 8.21. The quantitative estimate of drug-likeness (QED) is 0.614. The molecule has 3 rings (SSSR count). The van der Waals surface area contributed by atoms with Crippen molar-refractivity contribution in [3.05, 3.63) is 62.8 Å². The molecule has 0 fully saturated rings. The lowest BCUT2D eigenvalue weighted by atomic mass is 10.2. The number of rotatable bonds is 7. The molecule has 0 saturated heterocycles. The summed E-state index contributed by atoms with van der Waals surface area (Å²) in [5.74, 6) is 0.640. The van der Waals surface area contributed by atoms with Crippen LogP contribution in [0.25, 0.3) is 10.9 Å². The Morgan fingerprint density at radius 3 is 2.61 bits per heavy atom. The molecule has 0 aliphatic carbocycles. The van der Waals surface area contributed by atoms with Crippen LogP contribution >= 0.6 is 11.3 Å². The van der Waals surface area contributed by atoms with Crippen molar-refractivity contribution in [2.75, 3.05) is 27.2 Å². The topological polar surface area (TPSA) is 58.4 Å². The van der Waals surface area contributed by atoms with E-state index in [2.05, 4.69) is 0 Å². The van der Waals surface area contributed by atoms with Crippen LogP contribution in [0.15, 0.2) is 46.6 Å². The van der Waals surface area contributed by atoms with Crippen LogP contribution in [0.3, 0.4) is 0 Å². The second kappa shape index (κ2) is 8.67. The number of para-hydroxylation sites is 1. The third-order valence-electron chi connectivity index (χ3n) is 4.87. The molecule has 1 unspecified atom stereocenters. The fourth-order valence-electron chi connectivity index (χ4n) is 3.25. The van der Waals surface area contributed by atoms with E-state index in [1.54, 1.807) is 29.0 Å². The van der Waals surface area contributed by atoms with E-state index < -0.39 is 0 Å². The first kappa shape index (κ1) is 20.2. The molecule has 2 aromatic heterocycles. The van der Waals surface area contributed by atoms with E-state index in [0.29, 0.717) is 29.7 Å². The largest absolute Gasteiger partial charge is 0.331 e. The molecule has 0 N–H and O–H groups in total. The molecule has 6 nitrogen and oxygen atoms in total. The maximum atomic E-state index is 13.1. The van der Waals surface area contributed by atoms with E-state index in [0.717, 1.165) is 11.4 Å². The first-order valence-electron chi connectivity index (χ1n) is 9.30. The number of hydrogen-bond acceptors (Lipinski definition) is 5. The molecule has 0 bridgehead atoms. The Kier molecular flexibility index (Phi) is 6.26. The molecule has 2 heterocycles. The predicted octanol–water partition coefficient (Wildman–Crippen LogP) is 2.69. The number of nitrogens with zero attached hydrogens (tertiary/aromatic N) is 4. The van der Waals surface area contributed by atoms with Crippen molar-refractivity contribution in [1.82, 2.24) is 19.4 Å². The van der Waals surface area contributed by atoms with Crippen LogP contribution in [0.4, 0.5) is 0 Å². The normalized spacial score (nSPS) is 12.5. The number of amides is 1. The van der Waals surface area contributed by atoms with Gasteiger partial charge in [0.25, 0.3) is 5.56 Å². The zero-order valence-corrected chi connectivity index (χ0v) is 17.6. The number of likely N-dealkylation sites (N-methyl/N-ethyl adjacent to an activating group) is 1. The third kappa shape index (κ3) is 4.31.